The van der Waals surface area contributed by atoms with Gasteiger partial charge < -0.3 is 40.2 Å². The molecule has 2 rings (SSSR count). The number of aliphatic hydroxyl groups excluding tert-OH is 3. The first-order valence-electron chi connectivity index (χ1n) is 7.94. The molecule has 0 spiro atoms. The average Bonchev–Trinajstić information content (AvgIpc) is 3.15. The van der Waals surface area contributed by atoms with Gasteiger partial charge in [0.05, 0.1) is 25.0 Å². The van der Waals surface area contributed by atoms with Crippen molar-refractivity contribution < 1.29 is 44.0 Å². The number of nitrogens with one attached hydrogen (secondary N) is 2. The molecular formula is C16H20N2O9. The zero-order valence-corrected chi connectivity index (χ0v) is 14.2. The average molecular weight is 384 g/mol. The molecule has 1 aromatic heterocycles. The highest BCUT2D eigenvalue weighted by molar-refractivity contribution is 5.92. The lowest BCUT2D eigenvalue weighted by Crippen LogP contribution is -2.63. The molecule has 148 valence electrons. The number of hydrogen-bond acceptors (Lipinski definition) is 8. The van der Waals surface area contributed by atoms with Crippen molar-refractivity contribution in [2.45, 2.75) is 37.3 Å². The van der Waals surface area contributed by atoms with Gasteiger partial charge in [0.1, 0.15) is 18.3 Å². The van der Waals surface area contributed by atoms with Crippen molar-refractivity contribution in [1.29, 1.82) is 0 Å². The molecule has 0 aliphatic carbocycles. The first kappa shape index (κ1) is 20.4. The molecule has 0 radical (unpaired) electrons. The summed E-state index contributed by atoms with van der Waals surface area (Å²) in [6.07, 6.45) is -2.56. The summed E-state index contributed by atoms with van der Waals surface area (Å²) in [7, 11) is 0. The van der Waals surface area contributed by atoms with Crippen LogP contribution in [0.4, 0.5) is 0 Å². The van der Waals surface area contributed by atoms with Crippen LogP contribution in [0.25, 0.3) is 0 Å². The summed E-state index contributed by atoms with van der Waals surface area (Å²) in [4.78, 5) is 35.2. The maximum Gasteiger partial charge on any atom is 0.370 e. The topological polar surface area (TPSA) is 179 Å². The Hall–Kier alpha value is -2.89. The van der Waals surface area contributed by atoms with Crippen molar-refractivity contribution in [2.75, 3.05) is 6.61 Å². The maximum absolute atomic E-state index is 12.3. The summed E-state index contributed by atoms with van der Waals surface area (Å²) in [6, 6.07) is 0.608. The molecule has 1 unspecified atom stereocenters. The van der Waals surface area contributed by atoms with Crippen molar-refractivity contribution in [3.8, 4) is 0 Å². The van der Waals surface area contributed by atoms with E-state index in [1.54, 1.807) is 0 Å². The number of carbonyl (C=O) groups excluding carboxylic acids is 2. The molecule has 0 saturated heterocycles. The highest BCUT2D eigenvalue weighted by atomic mass is 16.5. The minimum atomic E-state index is -1.75. The summed E-state index contributed by atoms with van der Waals surface area (Å²) in [5, 5.41) is 43.2. The molecule has 0 fully saturated rings. The highest BCUT2D eigenvalue weighted by Gasteiger charge is 2.44. The molecule has 11 heteroatoms. The predicted molar refractivity (Wildman–Crippen MR) is 87.3 cm³/mol. The number of aliphatic carboxylic acids is 1. The van der Waals surface area contributed by atoms with E-state index in [1.165, 1.54) is 25.3 Å². The Morgan fingerprint density at radius 3 is 2.48 bits per heavy atom. The van der Waals surface area contributed by atoms with Gasteiger partial charge >= 0.3 is 5.97 Å². The number of amides is 2. The van der Waals surface area contributed by atoms with Gasteiger partial charge in [0.25, 0.3) is 5.91 Å². The van der Waals surface area contributed by atoms with Crippen LogP contribution in [0.3, 0.4) is 0 Å². The van der Waals surface area contributed by atoms with Crippen molar-refractivity contribution in [1.82, 2.24) is 10.6 Å². The maximum atomic E-state index is 12.3. The number of carbonyl (C=O) groups is 3. The Morgan fingerprint density at radius 1 is 1.26 bits per heavy atom. The zero-order chi connectivity index (χ0) is 20.1. The van der Waals surface area contributed by atoms with Crippen molar-refractivity contribution in [2.24, 2.45) is 0 Å². The van der Waals surface area contributed by atoms with Crippen LogP contribution < -0.4 is 10.6 Å². The predicted octanol–water partition coefficient (Wildman–Crippen LogP) is -2.04. The fourth-order valence-electron chi connectivity index (χ4n) is 2.63. The van der Waals surface area contributed by atoms with Crippen LogP contribution in [0.5, 0.6) is 0 Å². The standard InChI is InChI=1S/C16H20N2O9/c1-7(20)17-12-8(18-15(23)10-3-2-4-26-10)5-11(16(24)25)27-14(12)13(22)9(21)6-19/h2-5,8-9,12-14,19,21-22H,6H2,1H3,(H,17,20)(H,18,23)(H,24,25)/t8-,9?,12+,13+,14+/m0/s1. The van der Waals surface area contributed by atoms with E-state index in [0.29, 0.717) is 0 Å². The first-order valence-corrected chi connectivity index (χ1v) is 7.94. The van der Waals surface area contributed by atoms with Gasteiger partial charge in [-0.05, 0) is 18.2 Å². The molecule has 2 amide bonds. The molecule has 5 atom stereocenters. The summed E-state index contributed by atoms with van der Waals surface area (Å²) < 4.78 is 10.2. The van der Waals surface area contributed by atoms with Crippen LogP contribution >= 0.6 is 0 Å². The lowest BCUT2D eigenvalue weighted by atomic mass is 9.92. The van der Waals surface area contributed by atoms with E-state index in [4.69, 9.17) is 14.3 Å². The largest absolute Gasteiger partial charge is 0.478 e. The van der Waals surface area contributed by atoms with Gasteiger partial charge in [-0.1, -0.05) is 0 Å². The van der Waals surface area contributed by atoms with Crippen LogP contribution in [-0.2, 0) is 14.3 Å². The van der Waals surface area contributed by atoms with Crippen LogP contribution in [0.2, 0.25) is 0 Å². The molecule has 6 N–H and O–H groups in total. The third-order valence-corrected chi connectivity index (χ3v) is 3.88. The highest BCUT2D eigenvalue weighted by Crippen LogP contribution is 2.23. The van der Waals surface area contributed by atoms with Crippen molar-refractivity contribution in [3.05, 3.63) is 36.0 Å². The number of carboxylic acid groups (broad SMARTS) is 1. The molecule has 1 aliphatic rings. The summed E-state index contributed by atoms with van der Waals surface area (Å²) in [5.41, 5.74) is 0. The normalized spacial score (nSPS) is 24.1. The first-order chi connectivity index (χ1) is 12.7. The van der Waals surface area contributed by atoms with Gasteiger partial charge in [0.2, 0.25) is 11.7 Å². The molecule has 1 aromatic rings. The van der Waals surface area contributed by atoms with Crippen LogP contribution in [0.15, 0.2) is 34.6 Å². The van der Waals surface area contributed by atoms with Crippen LogP contribution in [0, 0.1) is 0 Å². The summed E-state index contributed by atoms with van der Waals surface area (Å²) in [5.74, 6) is -3.39. The molecule has 0 bridgehead atoms. The molecule has 11 nitrogen and oxygen atoms in total. The van der Waals surface area contributed by atoms with Gasteiger partial charge in [-0.15, -0.1) is 0 Å². The molecular weight excluding hydrogens is 364 g/mol. The second-order valence-electron chi connectivity index (χ2n) is 5.86. The quantitative estimate of drug-likeness (QED) is 0.309. The van der Waals surface area contributed by atoms with E-state index in [1.807, 2.05) is 0 Å². The Labute approximate surface area is 153 Å². The fraction of sp³-hybridized carbons (Fsp3) is 0.438. The van der Waals surface area contributed by atoms with Crippen molar-refractivity contribution >= 4 is 17.8 Å². The molecule has 1 aliphatic heterocycles. The van der Waals surface area contributed by atoms with Gasteiger partial charge in [-0.3, -0.25) is 9.59 Å². The Balaban J connectivity index is 2.37. The Kier molecular flexibility index (Phi) is 6.55. The number of carboxylic acids is 1. The minimum absolute atomic E-state index is 0.0548. The lowest BCUT2D eigenvalue weighted by Gasteiger charge is -2.39. The van der Waals surface area contributed by atoms with Gasteiger partial charge in [-0.2, -0.15) is 0 Å². The molecule has 0 aromatic carbocycles. The van der Waals surface area contributed by atoms with E-state index in [2.05, 4.69) is 10.6 Å². The number of furan rings is 1. The second-order valence-corrected chi connectivity index (χ2v) is 5.86. The Bertz CT molecular complexity index is 715. The van der Waals surface area contributed by atoms with Gasteiger partial charge in [0.15, 0.2) is 5.76 Å². The second kappa shape index (κ2) is 8.66. The minimum Gasteiger partial charge on any atom is -0.478 e. The monoisotopic (exact) mass is 384 g/mol. The van der Waals surface area contributed by atoms with Gasteiger partial charge in [-0.25, -0.2) is 4.79 Å². The van der Waals surface area contributed by atoms with E-state index in [0.717, 1.165) is 6.08 Å². The smallest absolute Gasteiger partial charge is 0.370 e. The third kappa shape index (κ3) is 4.84. The molecule has 0 saturated carbocycles. The van der Waals surface area contributed by atoms with Crippen molar-refractivity contribution in [3.63, 3.8) is 0 Å². The van der Waals surface area contributed by atoms with Crippen LogP contribution in [0.1, 0.15) is 17.5 Å². The van der Waals surface area contributed by atoms with E-state index in [-0.39, 0.29) is 5.76 Å². The SMILES string of the molecule is CC(=O)N[C@H]1[C@H]([C@H](O)C(O)CO)OC(C(=O)O)=C[C@@H]1NC(=O)c1ccco1. The number of aliphatic hydroxyl groups is 3. The fourth-order valence-corrected chi connectivity index (χ4v) is 2.63. The zero-order valence-electron chi connectivity index (χ0n) is 14.2. The summed E-state index contributed by atoms with van der Waals surface area (Å²) in [6.45, 7) is 0.344. The summed E-state index contributed by atoms with van der Waals surface area (Å²) >= 11 is 0. The number of hydrogen-bond donors (Lipinski definition) is 6. The van der Waals surface area contributed by atoms with E-state index >= 15 is 0 Å². The molecule has 2 heterocycles. The Morgan fingerprint density at radius 2 is 1.96 bits per heavy atom. The third-order valence-electron chi connectivity index (χ3n) is 3.88. The molecule has 27 heavy (non-hydrogen) atoms. The van der Waals surface area contributed by atoms with E-state index < -0.39 is 60.5 Å². The van der Waals surface area contributed by atoms with Gasteiger partial charge in [0, 0.05) is 6.92 Å². The number of rotatable bonds is 7. The number of ether oxygens (including phenoxy) is 1. The lowest BCUT2D eigenvalue weighted by molar-refractivity contribution is -0.146. The van der Waals surface area contributed by atoms with Crippen LogP contribution in [-0.4, -0.2) is 75.2 Å². The van der Waals surface area contributed by atoms with E-state index in [9.17, 15) is 29.7 Å².